The summed E-state index contributed by atoms with van der Waals surface area (Å²) in [5.74, 6) is 0. The molecule has 0 atom stereocenters. The first kappa shape index (κ1) is 12.7. The topological polar surface area (TPSA) is 4.93 Å². The van der Waals surface area contributed by atoms with Gasteiger partial charge in [0.1, 0.15) is 0 Å². The van der Waals surface area contributed by atoms with Gasteiger partial charge in [-0.2, -0.15) is 0 Å². The van der Waals surface area contributed by atoms with E-state index >= 15 is 0 Å². The Hall–Kier alpha value is -0.720. The zero-order chi connectivity index (χ0) is 11.8. The molecule has 1 aliphatic carbocycles. The number of nitrogens with zero attached hydrogens (tertiary/aromatic N) is 1. The Morgan fingerprint density at radius 1 is 0.588 bits per heavy atom. The van der Waals surface area contributed by atoms with E-state index in [0.29, 0.717) is 0 Å². The van der Waals surface area contributed by atoms with Crippen LogP contribution in [0.15, 0.2) is 24.5 Å². The van der Waals surface area contributed by atoms with Crippen molar-refractivity contribution in [3.63, 3.8) is 0 Å². The summed E-state index contributed by atoms with van der Waals surface area (Å²) in [5, 5.41) is 0. The van der Waals surface area contributed by atoms with E-state index < -0.39 is 0 Å². The number of rotatable bonds is 1. The summed E-state index contributed by atoms with van der Waals surface area (Å²) >= 11 is 0. The summed E-state index contributed by atoms with van der Waals surface area (Å²) in [4.78, 5) is 0. The van der Waals surface area contributed by atoms with Crippen molar-refractivity contribution in [2.45, 2.75) is 76.7 Å². The molecule has 0 bridgehead atoms. The summed E-state index contributed by atoms with van der Waals surface area (Å²) in [5.41, 5.74) is 0. The Bertz CT molecular complexity index is 264. The van der Waals surface area contributed by atoms with Gasteiger partial charge in [-0.05, 0) is 25.0 Å². The normalized spacial score (nSPS) is 21.6. The van der Waals surface area contributed by atoms with Gasteiger partial charge in [0, 0.05) is 18.4 Å². The lowest BCUT2D eigenvalue weighted by Crippen LogP contribution is -2.07. The lowest BCUT2D eigenvalue weighted by atomic mass is 9.98. The second-order valence-corrected chi connectivity index (χ2v) is 5.54. The Morgan fingerprint density at radius 2 is 1.00 bits per heavy atom. The summed E-state index contributed by atoms with van der Waals surface area (Å²) in [6.45, 7) is 0. The largest absolute Gasteiger partial charge is 0.351 e. The second-order valence-electron chi connectivity index (χ2n) is 5.54. The molecule has 1 fully saturated rings. The van der Waals surface area contributed by atoms with Crippen molar-refractivity contribution in [3.8, 4) is 0 Å². The third-order valence-electron chi connectivity index (χ3n) is 4.12. The molecule has 1 nitrogen and oxygen atoms in total. The minimum atomic E-state index is 0.768. The first-order valence-corrected chi connectivity index (χ1v) is 7.59. The van der Waals surface area contributed by atoms with E-state index in [2.05, 4.69) is 29.1 Å². The molecule has 2 rings (SSSR count). The van der Waals surface area contributed by atoms with Gasteiger partial charge in [-0.15, -0.1) is 0 Å². The number of aromatic nitrogens is 1. The Labute approximate surface area is 106 Å². The van der Waals surface area contributed by atoms with Crippen LogP contribution in [0.1, 0.15) is 76.7 Å². The van der Waals surface area contributed by atoms with Gasteiger partial charge in [-0.1, -0.05) is 57.8 Å². The summed E-state index contributed by atoms with van der Waals surface area (Å²) < 4.78 is 2.44. The summed E-state index contributed by atoms with van der Waals surface area (Å²) in [7, 11) is 0. The highest BCUT2D eigenvalue weighted by atomic mass is 15.0. The van der Waals surface area contributed by atoms with Crippen LogP contribution in [0.2, 0.25) is 0 Å². The maximum atomic E-state index is 2.44. The van der Waals surface area contributed by atoms with Gasteiger partial charge >= 0.3 is 0 Å². The van der Waals surface area contributed by atoms with Crippen LogP contribution in [0.25, 0.3) is 0 Å². The lowest BCUT2D eigenvalue weighted by Gasteiger charge is -2.19. The van der Waals surface area contributed by atoms with Gasteiger partial charge in [0.05, 0.1) is 0 Å². The fourth-order valence-electron chi connectivity index (χ4n) is 3.03. The fraction of sp³-hybridized carbons (Fsp3) is 0.750. The smallest absolute Gasteiger partial charge is 0.0330 e. The average molecular weight is 233 g/mol. The Kier molecular flexibility index (Phi) is 5.67. The molecule has 0 radical (unpaired) electrons. The van der Waals surface area contributed by atoms with Crippen LogP contribution >= 0.6 is 0 Å². The highest BCUT2D eigenvalue weighted by Gasteiger charge is 2.09. The molecule has 1 aromatic heterocycles. The molecule has 0 N–H and O–H groups in total. The molecule has 0 spiro atoms. The molecule has 1 saturated carbocycles. The van der Waals surface area contributed by atoms with Crippen LogP contribution in [0.4, 0.5) is 0 Å². The van der Waals surface area contributed by atoms with Crippen molar-refractivity contribution in [2.24, 2.45) is 0 Å². The van der Waals surface area contributed by atoms with Gasteiger partial charge in [0.2, 0.25) is 0 Å². The first-order valence-electron chi connectivity index (χ1n) is 7.59. The predicted molar refractivity (Wildman–Crippen MR) is 74.3 cm³/mol. The van der Waals surface area contributed by atoms with E-state index in [0.717, 1.165) is 6.04 Å². The van der Waals surface area contributed by atoms with Crippen molar-refractivity contribution in [3.05, 3.63) is 24.5 Å². The van der Waals surface area contributed by atoms with Crippen LogP contribution in [0, 0.1) is 0 Å². The zero-order valence-electron chi connectivity index (χ0n) is 11.1. The van der Waals surface area contributed by atoms with Crippen LogP contribution in [-0.4, -0.2) is 4.57 Å². The van der Waals surface area contributed by atoms with Gasteiger partial charge in [0.15, 0.2) is 0 Å². The van der Waals surface area contributed by atoms with Gasteiger partial charge in [-0.3, -0.25) is 0 Å². The quantitative estimate of drug-likeness (QED) is 0.617. The van der Waals surface area contributed by atoms with E-state index in [-0.39, 0.29) is 0 Å². The minimum absolute atomic E-state index is 0.768. The van der Waals surface area contributed by atoms with E-state index in [1.54, 1.807) is 0 Å². The minimum Gasteiger partial charge on any atom is -0.351 e. The van der Waals surface area contributed by atoms with Crippen LogP contribution < -0.4 is 0 Å². The third-order valence-corrected chi connectivity index (χ3v) is 4.12. The van der Waals surface area contributed by atoms with Crippen LogP contribution in [0.5, 0.6) is 0 Å². The highest BCUT2D eigenvalue weighted by molar-refractivity contribution is 4.93. The molecule has 1 aromatic rings. The molecular formula is C16H27N. The molecule has 1 heteroatoms. The van der Waals surface area contributed by atoms with E-state index in [1.165, 1.54) is 70.6 Å². The Morgan fingerprint density at radius 3 is 1.47 bits per heavy atom. The van der Waals surface area contributed by atoms with Gasteiger partial charge in [0.25, 0.3) is 0 Å². The number of hydrogen-bond acceptors (Lipinski definition) is 0. The van der Waals surface area contributed by atoms with E-state index in [9.17, 15) is 0 Å². The summed E-state index contributed by atoms with van der Waals surface area (Å²) in [6.07, 6.45) is 20.3. The molecule has 96 valence electrons. The molecule has 1 aliphatic rings. The Balaban J connectivity index is 1.84. The zero-order valence-corrected chi connectivity index (χ0v) is 11.1. The second kappa shape index (κ2) is 7.58. The van der Waals surface area contributed by atoms with Gasteiger partial charge in [-0.25, -0.2) is 0 Å². The molecule has 0 aliphatic heterocycles. The molecule has 0 unspecified atom stereocenters. The SMILES string of the molecule is c1ccn(C2CCCCCCCCCCC2)c1. The molecule has 0 aromatic carbocycles. The average Bonchev–Trinajstić information content (AvgIpc) is 2.83. The standard InChI is InChI=1S/C16H27N/c1-2-4-6-8-12-16(13-9-7-5-3-1)17-14-10-11-15-17/h10-11,14-16H,1-9,12-13H2. The van der Waals surface area contributed by atoms with E-state index in [1.807, 2.05) is 0 Å². The van der Waals surface area contributed by atoms with Crippen molar-refractivity contribution in [2.75, 3.05) is 0 Å². The molecule has 0 saturated heterocycles. The van der Waals surface area contributed by atoms with Crippen molar-refractivity contribution >= 4 is 0 Å². The van der Waals surface area contributed by atoms with Crippen molar-refractivity contribution < 1.29 is 0 Å². The monoisotopic (exact) mass is 233 g/mol. The molecule has 1 heterocycles. The first-order chi connectivity index (χ1) is 8.47. The summed E-state index contributed by atoms with van der Waals surface area (Å²) in [6, 6.07) is 5.09. The highest BCUT2D eigenvalue weighted by Crippen LogP contribution is 2.24. The van der Waals surface area contributed by atoms with Crippen LogP contribution in [0.3, 0.4) is 0 Å². The van der Waals surface area contributed by atoms with Crippen LogP contribution in [-0.2, 0) is 0 Å². The lowest BCUT2D eigenvalue weighted by molar-refractivity contribution is 0.388. The van der Waals surface area contributed by atoms with E-state index in [4.69, 9.17) is 0 Å². The molecular weight excluding hydrogens is 206 g/mol. The fourth-order valence-corrected chi connectivity index (χ4v) is 3.03. The van der Waals surface area contributed by atoms with Crippen molar-refractivity contribution in [1.82, 2.24) is 4.57 Å². The predicted octanol–water partition coefficient (Wildman–Crippen LogP) is 5.33. The third kappa shape index (κ3) is 4.57. The molecule has 0 amide bonds. The van der Waals surface area contributed by atoms with Crippen molar-refractivity contribution in [1.29, 1.82) is 0 Å². The maximum absolute atomic E-state index is 2.44. The number of hydrogen-bond donors (Lipinski definition) is 0. The molecule has 17 heavy (non-hydrogen) atoms. The maximum Gasteiger partial charge on any atom is 0.0330 e. The van der Waals surface area contributed by atoms with Gasteiger partial charge < -0.3 is 4.57 Å².